The summed E-state index contributed by atoms with van der Waals surface area (Å²) < 4.78 is 0. The highest BCUT2D eigenvalue weighted by Gasteiger charge is 2.20. The lowest BCUT2D eigenvalue weighted by molar-refractivity contribution is 0.756. The Hall–Kier alpha value is -1.87. The molecule has 0 amide bonds. The summed E-state index contributed by atoms with van der Waals surface area (Å²) in [5, 5.41) is 0. The lowest BCUT2D eigenvalue weighted by Gasteiger charge is -2.31. The van der Waals surface area contributed by atoms with E-state index in [0.717, 1.165) is 25.2 Å². The van der Waals surface area contributed by atoms with Crippen LogP contribution < -0.4 is 10.6 Å². The summed E-state index contributed by atoms with van der Waals surface area (Å²) >= 11 is 0. The number of hydrogen-bond acceptors (Lipinski definition) is 3. The fourth-order valence-corrected chi connectivity index (χ4v) is 3.16. The molecule has 0 fully saturated rings. The van der Waals surface area contributed by atoms with Gasteiger partial charge in [0.15, 0.2) is 0 Å². The number of hydrogen-bond donors (Lipinski definition) is 1. The van der Waals surface area contributed by atoms with Crippen LogP contribution in [0, 0.1) is 13.8 Å². The van der Waals surface area contributed by atoms with E-state index in [-0.39, 0.29) is 0 Å². The normalized spacial score (nSPS) is 14.1. The van der Waals surface area contributed by atoms with Crippen LogP contribution in [0.15, 0.2) is 30.5 Å². The molecule has 3 heteroatoms. The van der Waals surface area contributed by atoms with Crippen molar-refractivity contribution in [2.45, 2.75) is 33.1 Å². The fourth-order valence-electron chi connectivity index (χ4n) is 3.16. The van der Waals surface area contributed by atoms with E-state index in [9.17, 15) is 0 Å². The van der Waals surface area contributed by atoms with Crippen LogP contribution in [0.3, 0.4) is 0 Å². The van der Waals surface area contributed by atoms with Crippen molar-refractivity contribution in [3.63, 3.8) is 0 Å². The molecule has 0 radical (unpaired) electrons. The van der Waals surface area contributed by atoms with Gasteiger partial charge in [0.05, 0.1) is 0 Å². The van der Waals surface area contributed by atoms with Crippen LogP contribution >= 0.6 is 0 Å². The monoisotopic (exact) mass is 281 g/mol. The molecule has 3 rings (SSSR count). The predicted molar refractivity (Wildman–Crippen MR) is 88.2 cm³/mol. The van der Waals surface area contributed by atoms with Gasteiger partial charge in [-0.05, 0) is 62.4 Å². The number of aryl methyl sites for hydroxylation is 3. The molecule has 0 atom stereocenters. The molecule has 1 aromatic heterocycles. The zero-order valence-corrected chi connectivity index (χ0v) is 12.9. The fraction of sp³-hybridized carbons (Fsp3) is 0.389. The maximum atomic E-state index is 5.63. The van der Waals surface area contributed by atoms with Gasteiger partial charge in [0.1, 0.15) is 5.82 Å². The Morgan fingerprint density at radius 1 is 1.24 bits per heavy atom. The first-order chi connectivity index (χ1) is 10.2. The Labute approximate surface area is 126 Å². The van der Waals surface area contributed by atoms with Crippen molar-refractivity contribution >= 4 is 11.5 Å². The number of nitrogens with zero attached hydrogens (tertiary/aromatic N) is 2. The van der Waals surface area contributed by atoms with Gasteiger partial charge in [-0.3, -0.25) is 0 Å². The molecule has 0 unspecified atom stereocenters. The van der Waals surface area contributed by atoms with E-state index in [1.54, 1.807) is 0 Å². The van der Waals surface area contributed by atoms with E-state index >= 15 is 0 Å². The van der Waals surface area contributed by atoms with Crippen LogP contribution in [0.4, 0.5) is 11.5 Å². The second-order valence-corrected chi connectivity index (χ2v) is 5.91. The van der Waals surface area contributed by atoms with Crippen molar-refractivity contribution in [3.05, 3.63) is 52.7 Å². The Morgan fingerprint density at radius 3 is 2.86 bits per heavy atom. The lowest BCUT2D eigenvalue weighted by Crippen LogP contribution is -2.26. The number of nitrogens with two attached hydrogens (primary N) is 1. The van der Waals surface area contributed by atoms with Crippen molar-refractivity contribution in [1.82, 2.24) is 4.98 Å². The second-order valence-electron chi connectivity index (χ2n) is 5.91. The van der Waals surface area contributed by atoms with E-state index in [2.05, 4.69) is 43.0 Å². The number of benzene rings is 1. The molecule has 0 bridgehead atoms. The summed E-state index contributed by atoms with van der Waals surface area (Å²) in [6.07, 6.45) is 5.21. The third kappa shape index (κ3) is 2.79. The minimum atomic E-state index is 0.673. The van der Waals surface area contributed by atoms with Crippen molar-refractivity contribution in [1.29, 1.82) is 0 Å². The highest BCUT2D eigenvalue weighted by Crippen LogP contribution is 2.34. The summed E-state index contributed by atoms with van der Waals surface area (Å²) in [5.74, 6) is 1.08. The molecular formula is C18H23N3. The number of aromatic nitrogens is 1. The maximum Gasteiger partial charge on any atom is 0.135 e. The Morgan fingerprint density at radius 2 is 2.10 bits per heavy atom. The number of fused-ring (bicyclic) bond motifs is 1. The smallest absolute Gasteiger partial charge is 0.135 e. The summed E-state index contributed by atoms with van der Waals surface area (Å²) in [6.45, 7) is 6.02. The van der Waals surface area contributed by atoms with Crippen molar-refractivity contribution < 1.29 is 0 Å². The molecule has 2 aromatic rings. The Bertz CT molecular complexity index is 649. The highest BCUT2D eigenvalue weighted by atomic mass is 15.2. The average Bonchev–Trinajstić information content (AvgIpc) is 2.47. The first-order valence-corrected chi connectivity index (χ1v) is 7.71. The van der Waals surface area contributed by atoms with E-state index in [1.807, 2.05) is 6.20 Å². The molecule has 1 aliphatic rings. The number of anilines is 2. The molecule has 1 aliphatic heterocycles. The summed E-state index contributed by atoms with van der Waals surface area (Å²) in [6, 6.07) is 8.95. The Kier molecular flexibility index (Phi) is 3.93. The largest absolute Gasteiger partial charge is 0.330 e. The average molecular weight is 281 g/mol. The summed E-state index contributed by atoms with van der Waals surface area (Å²) in [5.41, 5.74) is 12.2. The first kappa shape index (κ1) is 14.1. The van der Waals surface area contributed by atoms with Crippen molar-refractivity contribution in [2.75, 3.05) is 18.0 Å². The summed E-state index contributed by atoms with van der Waals surface area (Å²) in [7, 11) is 0. The molecule has 2 N–H and O–H groups in total. The van der Waals surface area contributed by atoms with Gasteiger partial charge in [0, 0.05) is 18.4 Å². The maximum absolute atomic E-state index is 5.63. The van der Waals surface area contributed by atoms with Gasteiger partial charge in [-0.2, -0.15) is 0 Å². The minimum absolute atomic E-state index is 0.673. The van der Waals surface area contributed by atoms with Crippen LogP contribution in [-0.2, 0) is 12.8 Å². The summed E-state index contributed by atoms with van der Waals surface area (Å²) in [4.78, 5) is 7.07. The van der Waals surface area contributed by atoms with Crippen LogP contribution in [-0.4, -0.2) is 18.1 Å². The van der Waals surface area contributed by atoms with Crippen LogP contribution in [0.5, 0.6) is 0 Å². The van der Waals surface area contributed by atoms with E-state index in [4.69, 9.17) is 10.7 Å². The van der Waals surface area contributed by atoms with Crippen molar-refractivity contribution in [3.8, 4) is 0 Å². The minimum Gasteiger partial charge on any atom is -0.330 e. The standard InChI is InChI=1S/C18H23N3/c1-13-5-6-17-16(10-13)4-3-9-21(17)18-14(2)11-15(7-8-19)12-20-18/h5-6,10-12H,3-4,7-9,19H2,1-2H3. The second kappa shape index (κ2) is 5.86. The third-order valence-corrected chi connectivity index (χ3v) is 4.15. The third-order valence-electron chi connectivity index (χ3n) is 4.15. The molecule has 0 saturated carbocycles. The van der Waals surface area contributed by atoms with E-state index in [1.165, 1.54) is 34.4 Å². The number of pyridine rings is 1. The zero-order chi connectivity index (χ0) is 14.8. The quantitative estimate of drug-likeness (QED) is 0.938. The Balaban J connectivity index is 1.99. The van der Waals surface area contributed by atoms with Gasteiger partial charge < -0.3 is 10.6 Å². The zero-order valence-electron chi connectivity index (χ0n) is 12.9. The van der Waals surface area contributed by atoms with Gasteiger partial charge in [0.2, 0.25) is 0 Å². The molecule has 21 heavy (non-hydrogen) atoms. The molecular weight excluding hydrogens is 258 g/mol. The molecule has 0 aliphatic carbocycles. The van der Waals surface area contributed by atoms with Crippen LogP contribution in [0.2, 0.25) is 0 Å². The van der Waals surface area contributed by atoms with E-state index in [0.29, 0.717) is 6.54 Å². The van der Waals surface area contributed by atoms with Crippen molar-refractivity contribution in [2.24, 2.45) is 5.73 Å². The highest BCUT2D eigenvalue weighted by molar-refractivity contribution is 5.68. The van der Waals surface area contributed by atoms with Gasteiger partial charge in [-0.1, -0.05) is 23.8 Å². The topological polar surface area (TPSA) is 42.2 Å². The molecule has 2 heterocycles. The van der Waals surface area contributed by atoms with Crippen LogP contribution in [0.1, 0.15) is 28.7 Å². The molecule has 1 aromatic carbocycles. The van der Waals surface area contributed by atoms with Gasteiger partial charge >= 0.3 is 0 Å². The van der Waals surface area contributed by atoms with E-state index < -0.39 is 0 Å². The molecule has 0 saturated heterocycles. The first-order valence-electron chi connectivity index (χ1n) is 7.71. The SMILES string of the molecule is Cc1ccc2c(c1)CCCN2c1ncc(CCN)cc1C. The number of rotatable bonds is 3. The lowest BCUT2D eigenvalue weighted by atomic mass is 9.99. The van der Waals surface area contributed by atoms with Gasteiger partial charge in [0.25, 0.3) is 0 Å². The van der Waals surface area contributed by atoms with Crippen LogP contribution in [0.25, 0.3) is 0 Å². The molecule has 3 nitrogen and oxygen atoms in total. The van der Waals surface area contributed by atoms with Gasteiger partial charge in [-0.15, -0.1) is 0 Å². The predicted octanol–water partition coefficient (Wildman–Crippen LogP) is 3.28. The van der Waals surface area contributed by atoms with Gasteiger partial charge in [-0.25, -0.2) is 4.98 Å². The molecule has 110 valence electrons. The molecule has 0 spiro atoms.